The van der Waals surface area contributed by atoms with Gasteiger partial charge in [0, 0.05) is 6.42 Å². The molecular weight excluding hydrogens is 200 g/mol. The van der Waals surface area contributed by atoms with E-state index in [0.29, 0.717) is 6.42 Å². The smallest absolute Gasteiger partial charge is 0.158 e. The van der Waals surface area contributed by atoms with Gasteiger partial charge >= 0.3 is 0 Å². The minimum atomic E-state index is 0.127. The summed E-state index contributed by atoms with van der Waals surface area (Å²) in [5.74, 6) is 0.178. The maximum absolute atomic E-state index is 11.5. The predicted octanol–water partition coefficient (Wildman–Crippen LogP) is 2.92. The van der Waals surface area contributed by atoms with Gasteiger partial charge < -0.3 is 4.74 Å². The molecule has 1 rings (SSSR count). The van der Waals surface area contributed by atoms with E-state index < -0.39 is 0 Å². The third-order valence-electron chi connectivity index (χ3n) is 2.51. The van der Waals surface area contributed by atoms with Crippen LogP contribution in [0.15, 0.2) is 24.3 Å². The van der Waals surface area contributed by atoms with Crippen LogP contribution in [0, 0.1) is 6.92 Å². The summed E-state index contributed by atoms with van der Waals surface area (Å²) in [5.41, 5.74) is 2.50. The summed E-state index contributed by atoms with van der Waals surface area (Å²) in [6, 6.07) is 8.18. The summed E-state index contributed by atoms with van der Waals surface area (Å²) in [4.78, 5) is 11.5. The number of benzene rings is 1. The van der Waals surface area contributed by atoms with Crippen molar-refractivity contribution in [3.63, 3.8) is 0 Å². The van der Waals surface area contributed by atoms with Crippen LogP contribution < -0.4 is 0 Å². The maximum atomic E-state index is 11.5. The molecule has 0 aliphatic rings. The Morgan fingerprint density at radius 1 is 1.31 bits per heavy atom. The van der Waals surface area contributed by atoms with Crippen LogP contribution in [-0.2, 0) is 16.0 Å². The van der Waals surface area contributed by atoms with Crippen molar-refractivity contribution in [2.24, 2.45) is 0 Å². The molecule has 0 bridgehead atoms. The second-order valence-electron chi connectivity index (χ2n) is 4.32. The average Bonchev–Trinajstić information content (AvgIpc) is 2.25. The molecule has 0 N–H and O–H groups in total. The molecule has 0 fully saturated rings. The first-order valence-electron chi connectivity index (χ1n) is 5.77. The van der Waals surface area contributed by atoms with Gasteiger partial charge in [0.2, 0.25) is 0 Å². The van der Waals surface area contributed by atoms with Crippen molar-refractivity contribution in [3.05, 3.63) is 35.4 Å². The average molecular weight is 220 g/mol. The molecule has 0 amide bonds. The van der Waals surface area contributed by atoms with Gasteiger partial charge in [0.25, 0.3) is 0 Å². The zero-order chi connectivity index (χ0) is 12.0. The number of Topliss-reactive ketones (excluding diaryl/α,β-unsaturated/α-hetero) is 1. The van der Waals surface area contributed by atoms with Crippen molar-refractivity contribution in [1.82, 2.24) is 0 Å². The molecule has 2 nitrogen and oxygen atoms in total. The fourth-order valence-corrected chi connectivity index (χ4v) is 1.50. The fourth-order valence-electron chi connectivity index (χ4n) is 1.50. The van der Waals surface area contributed by atoms with Gasteiger partial charge in [-0.3, -0.25) is 4.79 Å². The van der Waals surface area contributed by atoms with Crippen LogP contribution >= 0.6 is 0 Å². The summed E-state index contributed by atoms with van der Waals surface area (Å²) in [6.07, 6.45) is 1.51. The first-order valence-corrected chi connectivity index (χ1v) is 5.77. The Balaban J connectivity index is 2.35. The Morgan fingerprint density at radius 2 is 2.00 bits per heavy atom. The lowest BCUT2D eigenvalue weighted by Crippen LogP contribution is -2.13. The quantitative estimate of drug-likeness (QED) is 0.736. The Morgan fingerprint density at radius 3 is 2.62 bits per heavy atom. The van der Waals surface area contributed by atoms with Crippen molar-refractivity contribution in [2.45, 2.75) is 39.7 Å². The number of carbonyl (C=O) groups is 1. The summed E-state index contributed by atoms with van der Waals surface area (Å²) in [5, 5.41) is 0. The SMILES string of the molecule is Cc1ccccc1CCC(=O)COC(C)C. The van der Waals surface area contributed by atoms with Crippen LogP contribution in [0.1, 0.15) is 31.4 Å². The van der Waals surface area contributed by atoms with E-state index >= 15 is 0 Å². The molecule has 2 heteroatoms. The zero-order valence-electron chi connectivity index (χ0n) is 10.3. The number of aryl methyl sites for hydroxylation is 2. The van der Waals surface area contributed by atoms with E-state index in [2.05, 4.69) is 19.1 Å². The molecular formula is C14H20O2. The molecule has 0 spiro atoms. The number of rotatable bonds is 6. The van der Waals surface area contributed by atoms with E-state index in [1.807, 2.05) is 26.0 Å². The molecule has 0 aliphatic carbocycles. The number of ether oxygens (including phenoxy) is 1. The molecule has 0 saturated heterocycles. The molecule has 0 heterocycles. The molecule has 16 heavy (non-hydrogen) atoms. The number of hydrogen-bond acceptors (Lipinski definition) is 2. The van der Waals surface area contributed by atoms with Crippen LogP contribution in [0.2, 0.25) is 0 Å². The van der Waals surface area contributed by atoms with E-state index in [-0.39, 0.29) is 18.5 Å². The van der Waals surface area contributed by atoms with E-state index in [9.17, 15) is 4.79 Å². The first-order chi connectivity index (χ1) is 7.59. The lowest BCUT2D eigenvalue weighted by Gasteiger charge is -2.07. The van der Waals surface area contributed by atoms with Gasteiger partial charge in [0.15, 0.2) is 5.78 Å². The van der Waals surface area contributed by atoms with Gasteiger partial charge in [-0.1, -0.05) is 24.3 Å². The van der Waals surface area contributed by atoms with Crippen LogP contribution in [0.3, 0.4) is 0 Å². The minimum absolute atomic E-state index is 0.127. The molecule has 0 aromatic heterocycles. The summed E-state index contributed by atoms with van der Waals surface area (Å²) in [7, 11) is 0. The molecule has 1 aromatic rings. The van der Waals surface area contributed by atoms with Crippen molar-refractivity contribution >= 4 is 5.78 Å². The minimum Gasteiger partial charge on any atom is -0.371 e. The van der Waals surface area contributed by atoms with Gasteiger partial charge in [-0.15, -0.1) is 0 Å². The van der Waals surface area contributed by atoms with Crippen LogP contribution in [-0.4, -0.2) is 18.5 Å². The van der Waals surface area contributed by atoms with E-state index in [1.54, 1.807) is 0 Å². The summed E-state index contributed by atoms with van der Waals surface area (Å²) in [6.45, 7) is 6.19. The van der Waals surface area contributed by atoms with Gasteiger partial charge in [-0.05, 0) is 38.3 Å². The van der Waals surface area contributed by atoms with Gasteiger partial charge in [-0.2, -0.15) is 0 Å². The van der Waals surface area contributed by atoms with E-state index in [4.69, 9.17) is 4.74 Å². The largest absolute Gasteiger partial charge is 0.371 e. The molecule has 0 aliphatic heterocycles. The van der Waals surface area contributed by atoms with Crippen molar-refractivity contribution < 1.29 is 9.53 Å². The zero-order valence-corrected chi connectivity index (χ0v) is 10.3. The van der Waals surface area contributed by atoms with Gasteiger partial charge in [0.1, 0.15) is 6.61 Å². The van der Waals surface area contributed by atoms with E-state index in [1.165, 1.54) is 11.1 Å². The normalized spacial score (nSPS) is 10.8. The Kier molecular flexibility index (Phi) is 5.20. The molecule has 0 radical (unpaired) electrons. The van der Waals surface area contributed by atoms with Crippen molar-refractivity contribution in [1.29, 1.82) is 0 Å². The highest BCUT2D eigenvalue weighted by atomic mass is 16.5. The third kappa shape index (κ3) is 4.58. The lowest BCUT2D eigenvalue weighted by atomic mass is 10.0. The maximum Gasteiger partial charge on any atom is 0.158 e. The van der Waals surface area contributed by atoms with E-state index in [0.717, 1.165) is 6.42 Å². The standard InChI is InChI=1S/C14H20O2/c1-11(2)16-10-14(15)9-8-13-7-5-4-6-12(13)3/h4-7,11H,8-10H2,1-3H3. The highest BCUT2D eigenvalue weighted by Crippen LogP contribution is 2.09. The van der Waals surface area contributed by atoms with Crippen molar-refractivity contribution in [2.75, 3.05) is 6.61 Å². The molecule has 1 aromatic carbocycles. The second kappa shape index (κ2) is 6.44. The first kappa shape index (κ1) is 12.9. The monoisotopic (exact) mass is 220 g/mol. The number of ketones is 1. The summed E-state index contributed by atoms with van der Waals surface area (Å²) >= 11 is 0. The van der Waals surface area contributed by atoms with Crippen LogP contribution in [0.4, 0.5) is 0 Å². The molecule has 88 valence electrons. The highest BCUT2D eigenvalue weighted by Gasteiger charge is 2.05. The Labute approximate surface area is 97.6 Å². The Hall–Kier alpha value is -1.15. The molecule has 0 atom stereocenters. The third-order valence-corrected chi connectivity index (χ3v) is 2.51. The van der Waals surface area contributed by atoms with Crippen molar-refractivity contribution in [3.8, 4) is 0 Å². The fraction of sp³-hybridized carbons (Fsp3) is 0.500. The number of carbonyl (C=O) groups excluding carboxylic acids is 1. The number of hydrogen-bond donors (Lipinski definition) is 0. The second-order valence-corrected chi connectivity index (χ2v) is 4.32. The van der Waals surface area contributed by atoms with Gasteiger partial charge in [-0.25, -0.2) is 0 Å². The lowest BCUT2D eigenvalue weighted by molar-refractivity contribution is -0.124. The van der Waals surface area contributed by atoms with Crippen LogP contribution in [0.5, 0.6) is 0 Å². The van der Waals surface area contributed by atoms with Crippen LogP contribution in [0.25, 0.3) is 0 Å². The molecule has 0 saturated carbocycles. The summed E-state index contributed by atoms with van der Waals surface area (Å²) < 4.78 is 5.27. The predicted molar refractivity (Wildman–Crippen MR) is 65.6 cm³/mol. The topological polar surface area (TPSA) is 26.3 Å². The Bertz CT molecular complexity index is 342. The van der Waals surface area contributed by atoms with Gasteiger partial charge in [0.05, 0.1) is 6.10 Å². The molecule has 0 unspecified atom stereocenters. The highest BCUT2D eigenvalue weighted by molar-refractivity contribution is 5.79.